The van der Waals surface area contributed by atoms with Crippen molar-refractivity contribution in [2.45, 2.75) is 19.4 Å². The molecule has 17 heavy (non-hydrogen) atoms. The Hall–Kier alpha value is -1.75. The van der Waals surface area contributed by atoms with Gasteiger partial charge in [0.15, 0.2) is 5.84 Å². The monoisotopic (exact) mass is 237 g/mol. The molecule has 1 aromatic carbocycles. The lowest BCUT2D eigenvalue weighted by Crippen LogP contribution is -2.39. The molecule has 1 rings (SSSR count). The smallest absolute Gasteiger partial charge is 0.156 e. The maximum Gasteiger partial charge on any atom is 0.156 e. The van der Waals surface area contributed by atoms with Crippen molar-refractivity contribution in [2.24, 2.45) is 10.9 Å². The number of ether oxygens (including phenoxy) is 1. The summed E-state index contributed by atoms with van der Waals surface area (Å²) in [6.07, 6.45) is 0.882. The summed E-state index contributed by atoms with van der Waals surface area (Å²) >= 11 is 0. The fourth-order valence-corrected chi connectivity index (χ4v) is 1.42. The zero-order chi connectivity index (χ0) is 12.7. The van der Waals surface area contributed by atoms with E-state index in [9.17, 15) is 0 Å². The minimum absolute atomic E-state index is 0.127. The lowest BCUT2D eigenvalue weighted by molar-refractivity contribution is 0.315. The van der Waals surface area contributed by atoms with Crippen molar-refractivity contribution in [3.8, 4) is 5.75 Å². The lowest BCUT2D eigenvalue weighted by atomic mass is 10.1. The first kappa shape index (κ1) is 13.3. The van der Waals surface area contributed by atoms with Crippen molar-refractivity contribution < 1.29 is 9.94 Å². The third-order valence-electron chi connectivity index (χ3n) is 2.58. The van der Waals surface area contributed by atoms with Crippen LogP contribution < -0.4 is 15.8 Å². The molecule has 0 bridgehead atoms. The Balaban J connectivity index is 2.35. The summed E-state index contributed by atoms with van der Waals surface area (Å²) in [5.74, 6) is 1.05. The maximum absolute atomic E-state index is 8.49. The maximum atomic E-state index is 8.49. The summed E-state index contributed by atoms with van der Waals surface area (Å²) in [5.41, 5.74) is 6.67. The van der Waals surface area contributed by atoms with Crippen molar-refractivity contribution in [1.29, 1.82) is 0 Å². The van der Waals surface area contributed by atoms with Gasteiger partial charge < -0.3 is 21.0 Å². The van der Waals surface area contributed by atoms with Crippen molar-refractivity contribution in [2.75, 3.05) is 13.7 Å². The zero-order valence-electron chi connectivity index (χ0n) is 10.2. The van der Waals surface area contributed by atoms with Gasteiger partial charge in [0.1, 0.15) is 5.75 Å². The molecule has 0 aliphatic rings. The Kier molecular flexibility index (Phi) is 5.29. The van der Waals surface area contributed by atoms with E-state index >= 15 is 0 Å². The van der Waals surface area contributed by atoms with Crippen LogP contribution in [0.15, 0.2) is 29.4 Å². The molecule has 1 unspecified atom stereocenters. The number of nitrogens with zero attached hydrogens (tertiary/aromatic N) is 1. The third kappa shape index (κ3) is 4.32. The van der Waals surface area contributed by atoms with Crippen LogP contribution in [0.1, 0.15) is 12.5 Å². The average molecular weight is 237 g/mol. The number of oxime groups is 1. The van der Waals surface area contributed by atoms with E-state index in [0.29, 0.717) is 0 Å². The van der Waals surface area contributed by atoms with E-state index in [0.717, 1.165) is 18.7 Å². The number of nitrogens with two attached hydrogens (primary N) is 1. The normalized spacial score (nSPS) is 13.4. The standard InChI is InChI=1S/C12H19N3O2/c1-9(12(13)15-16)14-8-7-10-3-5-11(17-2)6-4-10/h3-6,9,14,16H,7-8H2,1-2H3,(H2,13,15). The highest BCUT2D eigenvalue weighted by Crippen LogP contribution is 2.11. The molecule has 0 saturated carbocycles. The van der Waals surface area contributed by atoms with Gasteiger partial charge >= 0.3 is 0 Å². The van der Waals surface area contributed by atoms with Crippen molar-refractivity contribution in [3.63, 3.8) is 0 Å². The summed E-state index contributed by atoms with van der Waals surface area (Å²) in [7, 11) is 1.65. The second-order valence-corrected chi connectivity index (χ2v) is 3.80. The van der Waals surface area contributed by atoms with Crippen LogP contribution in [-0.4, -0.2) is 30.7 Å². The third-order valence-corrected chi connectivity index (χ3v) is 2.58. The van der Waals surface area contributed by atoms with E-state index in [4.69, 9.17) is 15.7 Å². The van der Waals surface area contributed by atoms with Gasteiger partial charge in [-0.25, -0.2) is 0 Å². The van der Waals surface area contributed by atoms with Crippen LogP contribution in [0.5, 0.6) is 5.75 Å². The van der Waals surface area contributed by atoms with E-state index in [1.54, 1.807) is 7.11 Å². The van der Waals surface area contributed by atoms with E-state index in [2.05, 4.69) is 10.5 Å². The van der Waals surface area contributed by atoms with Gasteiger partial charge in [0, 0.05) is 0 Å². The van der Waals surface area contributed by atoms with Gasteiger partial charge in [-0.2, -0.15) is 0 Å². The van der Waals surface area contributed by atoms with E-state index in [-0.39, 0.29) is 11.9 Å². The molecule has 0 aromatic heterocycles. The largest absolute Gasteiger partial charge is 0.497 e. The number of hydrogen-bond acceptors (Lipinski definition) is 4. The minimum Gasteiger partial charge on any atom is -0.497 e. The molecule has 0 amide bonds. The SMILES string of the molecule is COc1ccc(CCNC(C)C(N)=NO)cc1. The predicted octanol–water partition coefficient (Wildman–Crippen LogP) is 0.962. The molecule has 0 spiro atoms. The van der Waals surface area contributed by atoms with Gasteiger partial charge in [0.05, 0.1) is 13.2 Å². The van der Waals surface area contributed by atoms with Crippen LogP contribution in [-0.2, 0) is 6.42 Å². The summed E-state index contributed by atoms with van der Waals surface area (Å²) in [5, 5.41) is 14.6. The van der Waals surface area contributed by atoms with Gasteiger partial charge in [0.25, 0.3) is 0 Å². The number of nitrogens with one attached hydrogen (secondary N) is 1. The highest BCUT2D eigenvalue weighted by molar-refractivity contribution is 5.84. The zero-order valence-corrected chi connectivity index (χ0v) is 10.2. The highest BCUT2D eigenvalue weighted by atomic mass is 16.5. The second-order valence-electron chi connectivity index (χ2n) is 3.80. The fraction of sp³-hybridized carbons (Fsp3) is 0.417. The molecule has 4 N–H and O–H groups in total. The van der Waals surface area contributed by atoms with Crippen LogP contribution in [0, 0.1) is 0 Å². The van der Waals surface area contributed by atoms with Gasteiger partial charge in [-0.3, -0.25) is 0 Å². The van der Waals surface area contributed by atoms with E-state index in [1.165, 1.54) is 5.56 Å². The number of hydrogen-bond donors (Lipinski definition) is 3. The molecule has 1 aromatic rings. The Bertz CT molecular complexity index is 363. The summed E-state index contributed by atoms with van der Waals surface area (Å²) < 4.78 is 5.08. The second kappa shape index (κ2) is 6.75. The average Bonchev–Trinajstić information content (AvgIpc) is 2.38. The Morgan fingerprint density at radius 3 is 2.65 bits per heavy atom. The van der Waals surface area contributed by atoms with Crippen LogP contribution in [0.2, 0.25) is 0 Å². The number of amidine groups is 1. The molecule has 5 heteroatoms. The molecule has 1 atom stereocenters. The molecule has 0 saturated heterocycles. The molecule has 0 fully saturated rings. The van der Waals surface area contributed by atoms with Crippen LogP contribution >= 0.6 is 0 Å². The van der Waals surface area contributed by atoms with Gasteiger partial charge in [-0.05, 0) is 37.6 Å². The first-order valence-corrected chi connectivity index (χ1v) is 5.51. The van der Waals surface area contributed by atoms with Crippen LogP contribution in [0.25, 0.3) is 0 Å². The van der Waals surface area contributed by atoms with Gasteiger partial charge in [0.2, 0.25) is 0 Å². The minimum atomic E-state index is -0.127. The molecule has 5 nitrogen and oxygen atoms in total. The van der Waals surface area contributed by atoms with Gasteiger partial charge in [-0.15, -0.1) is 0 Å². The van der Waals surface area contributed by atoms with Crippen molar-refractivity contribution in [3.05, 3.63) is 29.8 Å². The molecule has 0 radical (unpaired) electrons. The number of methoxy groups -OCH3 is 1. The van der Waals surface area contributed by atoms with Crippen LogP contribution in [0.3, 0.4) is 0 Å². The first-order valence-electron chi connectivity index (χ1n) is 5.51. The van der Waals surface area contributed by atoms with Crippen molar-refractivity contribution >= 4 is 5.84 Å². The quantitative estimate of drug-likeness (QED) is 0.298. The number of benzene rings is 1. The molecular formula is C12H19N3O2. The topological polar surface area (TPSA) is 79.9 Å². The molecule has 0 aliphatic carbocycles. The van der Waals surface area contributed by atoms with E-state index < -0.39 is 0 Å². The lowest BCUT2D eigenvalue weighted by Gasteiger charge is -2.11. The number of rotatable bonds is 6. The summed E-state index contributed by atoms with van der Waals surface area (Å²) in [6, 6.07) is 7.78. The Labute approximate surface area is 101 Å². The van der Waals surface area contributed by atoms with E-state index in [1.807, 2.05) is 31.2 Å². The first-order chi connectivity index (χ1) is 8.17. The molecule has 0 aliphatic heterocycles. The predicted molar refractivity (Wildman–Crippen MR) is 67.6 cm³/mol. The summed E-state index contributed by atoms with van der Waals surface area (Å²) in [4.78, 5) is 0. The highest BCUT2D eigenvalue weighted by Gasteiger charge is 2.05. The van der Waals surface area contributed by atoms with Gasteiger partial charge in [-0.1, -0.05) is 17.3 Å². The fourth-order valence-electron chi connectivity index (χ4n) is 1.42. The molecular weight excluding hydrogens is 218 g/mol. The Morgan fingerprint density at radius 1 is 1.47 bits per heavy atom. The summed E-state index contributed by atoms with van der Waals surface area (Å²) in [6.45, 7) is 2.62. The molecule has 0 heterocycles. The van der Waals surface area contributed by atoms with Crippen LogP contribution in [0.4, 0.5) is 0 Å². The Morgan fingerprint density at radius 2 is 2.12 bits per heavy atom. The molecule has 94 valence electrons. The van der Waals surface area contributed by atoms with Crippen molar-refractivity contribution in [1.82, 2.24) is 5.32 Å².